The van der Waals surface area contributed by atoms with Gasteiger partial charge in [-0.25, -0.2) is 4.99 Å². The van der Waals surface area contributed by atoms with Crippen molar-refractivity contribution in [3.8, 4) is 0 Å². The first-order valence-corrected chi connectivity index (χ1v) is 3.30. The fourth-order valence-electron chi connectivity index (χ4n) is 0.696. The quantitative estimate of drug-likeness (QED) is 0.430. The van der Waals surface area contributed by atoms with Gasteiger partial charge in [-0.2, -0.15) is 0 Å². The molecule has 2 heteroatoms. The molecule has 0 aromatic carbocycles. The Labute approximate surface area is 62.6 Å². The molecule has 0 unspecified atom stereocenters. The molecule has 0 bridgehead atoms. The van der Waals surface area contributed by atoms with Crippen LogP contribution in [0.2, 0.25) is 0 Å². The summed E-state index contributed by atoms with van der Waals surface area (Å²) in [5.74, 6) is 0.924. The highest BCUT2D eigenvalue weighted by molar-refractivity contribution is 5.81. The minimum absolute atomic E-state index is 0.896. The summed E-state index contributed by atoms with van der Waals surface area (Å²) in [5.41, 5.74) is 0. The van der Waals surface area contributed by atoms with Crippen LogP contribution in [0.25, 0.3) is 0 Å². The number of nitrogens with zero attached hydrogens (tertiary/aromatic N) is 2. The van der Waals surface area contributed by atoms with Crippen LogP contribution in [0, 0.1) is 0 Å². The van der Waals surface area contributed by atoms with Crippen LogP contribution in [0.4, 0.5) is 0 Å². The topological polar surface area (TPSA) is 15.6 Å². The van der Waals surface area contributed by atoms with Gasteiger partial charge in [-0.15, -0.1) is 0 Å². The van der Waals surface area contributed by atoms with Gasteiger partial charge < -0.3 is 4.90 Å². The Morgan fingerprint density at radius 1 is 1.60 bits per heavy atom. The van der Waals surface area contributed by atoms with E-state index in [1.54, 1.807) is 6.20 Å². The Morgan fingerprint density at radius 2 is 2.20 bits per heavy atom. The first-order chi connectivity index (χ1) is 4.76. The Balaban J connectivity index is 4.12. The average molecular weight is 138 g/mol. The second kappa shape index (κ2) is 4.79. The molecule has 0 N–H and O–H groups in total. The SMILES string of the molecule is C=CN=C(C)N(C=C)CC. The summed E-state index contributed by atoms with van der Waals surface area (Å²) < 4.78 is 0. The van der Waals surface area contributed by atoms with E-state index in [2.05, 4.69) is 18.2 Å². The van der Waals surface area contributed by atoms with Crippen LogP contribution < -0.4 is 0 Å². The highest BCUT2D eigenvalue weighted by Gasteiger charge is 1.95. The van der Waals surface area contributed by atoms with Gasteiger partial charge in [-0.05, 0) is 20.0 Å². The highest BCUT2D eigenvalue weighted by atomic mass is 15.2. The van der Waals surface area contributed by atoms with Gasteiger partial charge in [0.2, 0.25) is 0 Å². The van der Waals surface area contributed by atoms with Crippen molar-refractivity contribution >= 4 is 5.84 Å². The normalized spacial score (nSPS) is 10.8. The number of hydrogen-bond donors (Lipinski definition) is 0. The van der Waals surface area contributed by atoms with Crippen LogP contribution >= 0.6 is 0 Å². The number of hydrogen-bond acceptors (Lipinski definition) is 1. The second-order valence-electron chi connectivity index (χ2n) is 1.83. The molecule has 0 radical (unpaired) electrons. The molecule has 0 saturated carbocycles. The molecular formula is C8H14N2. The van der Waals surface area contributed by atoms with Crippen LogP contribution in [-0.2, 0) is 0 Å². The Kier molecular flexibility index (Phi) is 4.29. The van der Waals surface area contributed by atoms with Gasteiger partial charge in [0.1, 0.15) is 5.84 Å². The highest BCUT2D eigenvalue weighted by Crippen LogP contribution is 1.91. The summed E-state index contributed by atoms with van der Waals surface area (Å²) in [4.78, 5) is 5.95. The molecule has 0 spiro atoms. The first kappa shape index (κ1) is 8.95. The fraction of sp³-hybridized carbons (Fsp3) is 0.375. The second-order valence-corrected chi connectivity index (χ2v) is 1.83. The van der Waals surface area contributed by atoms with Crippen molar-refractivity contribution in [3.05, 3.63) is 25.6 Å². The van der Waals surface area contributed by atoms with E-state index in [1.165, 1.54) is 6.20 Å². The van der Waals surface area contributed by atoms with Crippen LogP contribution in [-0.4, -0.2) is 17.3 Å². The molecule has 10 heavy (non-hydrogen) atoms. The Hall–Kier alpha value is -1.05. The zero-order valence-corrected chi connectivity index (χ0v) is 6.67. The van der Waals surface area contributed by atoms with E-state index < -0.39 is 0 Å². The van der Waals surface area contributed by atoms with E-state index in [4.69, 9.17) is 0 Å². The molecule has 56 valence electrons. The van der Waals surface area contributed by atoms with Crippen LogP contribution in [0.3, 0.4) is 0 Å². The number of rotatable bonds is 3. The monoisotopic (exact) mass is 138 g/mol. The molecule has 0 heterocycles. The zero-order chi connectivity index (χ0) is 7.98. The summed E-state index contributed by atoms with van der Waals surface area (Å²) in [7, 11) is 0. The fourth-order valence-corrected chi connectivity index (χ4v) is 0.696. The van der Waals surface area contributed by atoms with Gasteiger partial charge in [-0.1, -0.05) is 13.2 Å². The lowest BCUT2D eigenvalue weighted by Gasteiger charge is -2.15. The summed E-state index contributed by atoms with van der Waals surface area (Å²) in [6.45, 7) is 12.0. The van der Waals surface area contributed by atoms with Crippen molar-refractivity contribution in [2.24, 2.45) is 4.99 Å². The molecule has 0 aliphatic heterocycles. The standard InChI is InChI=1S/C8H14N2/c1-5-9-8(4)10(6-2)7-3/h5-6H,1-2,7H2,3-4H3. The zero-order valence-electron chi connectivity index (χ0n) is 6.67. The average Bonchev–Trinajstić information content (AvgIpc) is 1.91. The van der Waals surface area contributed by atoms with Gasteiger partial charge in [0.05, 0.1) is 0 Å². The molecule has 0 aromatic rings. The van der Waals surface area contributed by atoms with Gasteiger partial charge >= 0.3 is 0 Å². The first-order valence-electron chi connectivity index (χ1n) is 3.30. The van der Waals surface area contributed by atoms with E-state index in [0.29, 0.717) is 0 Å². The summed E-state index contributed by atoms with van der Waals surface area (Å²) in [6, 6.07) is 0. The van der Waals surface area contributed by atoms with Crippen molar-refractivity contribution in [2.45, 2.75) is 13.8 Å². The van der Waals surface area contributed by atoms with Crippen molar-refractivity contribution < 1.29 is 0 Å². The summed E-state index contributed by atoms with van der Waals surface area (Å²) in [6.07, 6.45) is 3.28. The van der Waals surface area contributed by atoms with E-state index in [9.17, 15) is 0 Å². The molecule has 0 saturated heterocycles. The van der Waals surface area contributed by atoms with Crippen molar-refractivity contribution in [3.63, 3.8) is 0 Å². The summed E-state index contributed by atoms with van der Waals surface area (Å²) in [5, 5.41) is 0. The predicted octanol–water partition coefficient (Wildman–Crippen LogP) is 2.01. The van der Waals surface area contributed by atoms with Crippen LogP contribution in [0.5, 0.6) is 0 Å². The van der Waals surface area contributed by atoms with Crippen molar-refractivity contribution in [1.29, 1.82) is 0 Å². The van der Waals surface area contributed by atoms with E-state index in [-0.39, 0.29) is 0 Å². The van der Waals surface area contributed by atoms with Crippen molar-refractivity contribution in [2.75, 3.05) is 6.54 Å². The lowest BCUT2D eigenvalue weighted by Crippen LogP contribution is -2.21. The predicted molar refractivity (Wildman–Crippen MR) is 45.9 cm³/mol. The minimum Gasteiger partial charge on any atom is -0.338 e. The van der Waals surface area contributed by atoms with E-state index in [1.807, 2.05) is 18.7 Å². The van der Waals surface area contributed by atoms with Crippen LogP contribution in [0.1, 0.15) is 13.8 Å². The van der Waals surface area contributed by atoms with Gasteiger partial charge in [0.25, 0.3) is 0 Å². The van der Waals surface area contributed by atoms with Gasteiger partial charge in [0.15, 0.2) is 0 Å². The molecule has 0 aliphatic rings. The van der Waals surface area contributed by atoms with Crippen LogP contribution in [0.15, 0.2) is 30.6 Å². The van der Waals surface area contributed by atoms with Crippen molar-refractivity contribution in [1.82, 2.24) is 4.90 Å². The van der Waals surface area contributed by atoms with Gasteiger partial charge in [0, 0.05) is 12.7 Å². The maximum absolute atomic E-state index is 4.00. The molecule has 0 atom stereocenters. The third-order valence-electron chi connectivity index (χ3n) is 1.25. The third kappa shape index (κ3) is 2.49. The minimum atomic E-state index is 0.896. The van der Waals surface area contributed by atoms with E-state index >= 15 is 0 Å². The molecule has 0 aliphatic carbocycles. The molecule has 0 aromatic heterocycles. The Bertz CT molecular complexity index is 147. The largest absolute Gasteiger partial charge is 0.338 e. The molecular weight excluding hydrogens is 124 g/mol. The lowest BCUT2D eigenvalue weighted by molar-refractivity contribution is 0.588. The third-order valence-corrected chi connectivity index (χ3v) is 1.25. The Morgan fingerprint density at radius 3 is 2.50 bits per heavy atom. The maximum atomic E-state index is 4.00. The number of amidine groups is 1. The van der Waals surface area contributed by atoms with E-state index in [0.717, 1.165) is 12.4 Å². The number of aliphatic imine (C=N–C) groups is 1. The molecule has 0 fully saturated rings. The maximum Gasteiger partial charge on any atom is 0.105 e. The lowest BCUT2D eigenvalue weighted by atomic mass is 10.5. The smallest absolute Gasteiger partial charge is 0.105 e. The summed E-state index contributed by atoms with van der Waals surface area (Å²) >= 11 is 0. The molecule has 0 amide bonds. The molecule has 0 rings (SSSR count). The van der Waals surface area contributed by atoms with Gasteiger partial charge in [-0.3, -0.25) is 0 Å². The molecule has 2 nitrogen and oxygen atoms in total.